The molecule has 7 nitrogen and oxygen atoms in total. The van der Waals surface area contributed by atoms with Gasteiger partial charge in [0.15, 0.2) is 6.54 Å². The van der Waals surface area contributed by atoms with Crippen LogP contribution in [0.15, 0.2) is 47.6 Å². The molecule has 2 heterocycles. The van der Waals surface area contributed by atoms with Crippen LogP contribution >= 0.6 is 11.8 Å². The maximum atomic E-state index is 12.4. The molecule has 134 valence electrons. The molecule has 0 bridgehead atoms. The Labute approximate surface area is 157 Å². The number of nitriles is 1. The lowest BCUT2D eigenvalue weighted by molar-refractivity contribution is -0.892. The van der Waals surface area contributed by atoms with E-state index >= 15 is 0 Å². The molecule has 8 heteroatoms. The van der Waals surface area contributed by atoms with E-state index in [0.717, 1.165) is 42.7 Å². The predicted octanol–water partition coefficient (Wildman–Crippen LogP) is 0.436. The Hall–Kier alpha value is -2.63. The average molecular weight is 369 g/mol. The van der Waals surface area contributed by atoms with Gasteiger partial charge in [0, 0.05) is 17.3 Å². The summed E-state index contributed by atoms with van der Waals surface area (Å²) < 4.78 is 0. The minimum Gasteiger partial charge on any atom is -0.330 e. The van der Waals surface area contributed by atoms with Gasteiger partial charge < -0.3 is 15.1 Å². The number of amides is 1. The molecule has 0 aliphatic carbocycles. The highest BCUT2D eigenvalue weighted by Gasteiger charge is 2.23. The molecule has 1 saturated heterocycles. The summed E-state index contributed by atoms with van der Waals surface area (Å²) in [7, 11) is 0. The molecule has 0 spiro atoms. The van der Waals surface area contributed by atoms with Gasteiger partial charge >= 0.3 is 0 Å². The van der Waals surface area contributed by atoms with Crippen molar-refractivity contribution in [1.82, 2.24) is 9.97 Å². The Kier molecular flexibility index (Phi) is 6.41. The van der Waals surface area contributed by atoms with Crippen LogP contribution in [0, 0.1) is 11.3 Å². The zero-order valence-corrected chi connectivity index (χ0v) is 15.2. The van der Waals surface area contributed by atoms with E-state index in [9.17, 15) is 4.79 Å². The number of thioether (sulfide) groups is 1. The van der Waals surface area contributed by atoms with Gasteiger partial charge in [-0.3, -0.25) is 4.79 Å². The summed E-state index contributed by atoms with van der Waals surface area (Å²) in [5.41, 5.74) is 0.772. The summed E-state index contributed by atoms with van der Waals surface area (Å²) in [4.78, 5) is 25.3. The largest absolute Gasteiger partial charge is 0.330 e. The van der Waals surface area contributed by atoms with Crippen LogP contribution in [0.25, 0.3) is 0 Å². The minimum atomic E-state index is -0.00517. The second-order valence-corrected chi connectivity index (χ2v) is 6.97. The van der Waals surface area contributed by atoms with Crippen LogP contribution in [0.4, 0.5) is 11.6 Å². The van der Waals surface area contributed by atoms with E-state index in [1.165, 1.54) is 16.7 Å². The third kappa shape index (κ3) is 4.94. The van der Waals surface area contributed by atoms with E-state index in [0.29, 0.717) is 12.3 Å². The fourth-order valence-electron chi connectivity index (χ4n) is 2.88. The number of para-hydroxylation sites is 1. The maximum absolute atomic E-state index is 12.4. The number of carbonyl (C=O) groups is 1. The monoisotopic (exact) mass is 369 g/mol. The Morgan fingerprint density at radius 3 is 2.69 bits per heavy atom. The molecule has 0 saturated carbocycles. The number of carbonyl (C=O) groups excluding carboxylic acids is 1. The van der Waals surface area contributed by atoms with Crippen LogP contribution in [0.5, 0.6) is 0 Å². The van der Waals surface area contributed by atoms with Crippen molar-refractivity contribution in [2.45, 2.75) is 4.90 Å². The number of hydrogen-bond acceptors (Lipinski definition) is 6. The number of aromatic nitrogens is 2. The fourth-order valence-corrected chi connectivity index (χ4v) is 3.55. The number of hydrogen-bond donors (Lipinski definition) is 2. The van der Waals surface area contributed by atoms with Gasteiger partial charge in [-0.25, -0.2) is 9.97 Å². The average Bonchev–Trinajstić information content (AvgIpc) is 2.68. The first kappa shape index (κ1) is 18.2. The summed E-state index contributed by atoms with van der Waals surface area (Å²) in [5.74, 6) is 1.11. The van der Waals surface area contributed by atoms with Crippen molar-refractivity contribution in [1.29, 1.82) is 5.26 Å². The van der Waals surface area contributed by atoms with Crippen LogP contribution in [0.1, 0.15) is 0 Å². The molecule has 2 aromatic rings. The third-order valence-electron chi connectivity index (χ3n) is 4.17. The normalized spacial score (nSPS) is 14.7. The molecule has 1 aromatic heterocycles. The van der Waals surface area contributed by atoms with E-state index in [1.54, 1.807) is 12.4 Å². The first-order chi connectivity index (χ1) is 12.8. The highest BCUT2D eigenvalue weighted by molar-refractivity contribution is 7.99. The van der Waals surface area contributed by atoms with Crippen molar-refractivity contribution >= 4 is 29.3 Å². The molecular weight excluding hydrogens is 348 g/mol. The summed E-state index contributed by atoms with van der Waals surface area (Å²) in [5, 5.41) is 11.7. The molecule has 0 unspecified atom stereocenters. The minimum absolute atomic E-state index is 0.00517. The molecule has 1 aliphatic heterocycles. The Bertz CT molecular complexity index is 771. The third-order valence-corrected chi connectivity index (χ3v) is 5.11. The van der Waals surface area contributed by atoms with Gasteiger partial charge in [-0.05, 0) is 18.2 Å². The van der Waals surface area contributed by atoms with Crippen molar-refractivity contribution in [3.63, 3.8) is 0 Å². The number of benzene rings is 1. The summed E-state index contributed by atoms with van der Waals surface area (Å²) in [6.45, 7) is 3.84. The van der Waals surface area contributed by atoms with Crippen molar-refractivity contribution in [3.8, 4) is 6.07 Å². The zero-order valence-electron chi connectivity index (χ0n) is 14.4. The van der Waals surface area contributed by atoms with Gasteiger partial charge in [0.05, 0.1) is 43.7 Å². The number of rotatable bonds is 6. The van der Waals surface area contributed by atoms with Gasteiger partial charge in [0.2, 0.25) is 5.95 Å². The molecule has 26 heavy (non-hydrogen) atoms. The molecule has 1 fully saturated rings. The zero-order chi connectivity index (χ0) is 18.2. The number of quaternary nitrogens is 1. The van der Waals surface area contributed by atoms with E-state index in [-0.39, 0.29) is 5.91 Å². The van der Waals surface area contributed by atoms with Gasteiger partial charge in [-0.15, -0.1) is 11.8 Å². The Morgan fingerprint density at radius 2 is 1.96 bits per heavy atom. The Balaban J connectivity index is 1.50. The highest BCUT2D eigenvalue weighted by Crippen LogP contribution is 2.26. The topological polar surface area (TPSA) is 86.4 Å². The molecule has 1 amide bonds. The number of anilines is 2. The second-order valence-electron chi connectivity index (χ2n) is 5.95. The maximum Gasteiger partial charge on any atom is 0.279 e. The lowest BCUT2D eigenvalue weighted by atomic mass is 10.3. The van der Waals surface area contributed by atoms with Crippen molar-refractivity contribution in [2.24, 2.45) is 0 Å². The lowest BCUT2D eigenvalue weighted by Gasteiger charge is -2.31. The van der Waals surface area contributed by atoms with Gasteiger partial charge in [0.25, 0.3) is 5.91 Å². The van der Waals surface area contributed by atoms with E-state index in [4.69, 9.17) is 5.26 Å². The number of piperazine rings is 1. The molecule has 3 rings (SSSR count). The quantitative estimate of drug-likeness (QED) is 0.719. The number of nitrogens with zero attached hydrogens (tertiary/aromatic N) is 4. The van der Waals surface area contributed by atoms with E-state index in [1.807, 2.05) is 30.3 Å². The predicted molar refractivity (Wildman–Crippen MR) is 101 cm³/mol. The van der Waals surface area contributed by atoms with Crippen LogP contribution in [-0.2, 0) is 4.79 Å². The lowest BCUT2D eigenvalue weighted by Crippen LogP contribution is -3.15. The van der Waals surface area contributed by atoms with Crippen molar-refractivity contribution in [2.75, 3.05) is 48.7 Å². The van der Waals surface area contributed by atoms with Crippen LogP contribution in [0.3, 0.4) is 0 Å². The van der Waals surface area contributed by atoms with Gasteiger partial charge in [-0.2, -0.15) is 5.26 Å². The SMILES string of the molecule is N#CCSc1ccccc1NC(=O)C[NH+]1CCN(c2ncccn2)CC1. The van der Waals surface area contributed by atoms with Gasteiger partial charge in [-0.1, -0.05) is 12.1 Å². The van der Waals surface area contributed by atoms with E-state index in [2.05, 4.69) is 26.3 Å². The fraction of sp³-hybridized carbons (Fsp3) is 0.333. The van der Waals surface area contributed by atoms with Crippen molar-refractivity contribution < 1.29 is 9.69 Å². The molecular formula is C18H21N6OS+. The summed E-state index contributed by atoms with van der Waals surface area (Å²) in [6.07, 6.45) is 3.49. The molecule has 1 aliphatic rings. The smallest absolute Gasteiger partial charge is 0.279 e. The second kappa shape index (κ2) is 9.17. The summed E-state index contributed by atoms with van der Waals surface area (Å²) >= 11 is 1.43. The first-order valence-corrected chi connectivity index (χ1v) is 9.49. The van der Waals surface area contributed by atoms with E-state index < -0.39 is 0 Å². The Morgan fingerprint density at radius 1 is 1.23 bits per heavy atom. The number of nitrogens with one attached hydrogen (secondary N) is 2. The summed E-state index contributed by atoms with van der Waals surface area (Å²) in [6, 6.07) is 11.5. The highest BCUT2D eigenvalue weighted by atomic mass is 32.2. The van der Waals surface area contributed by atoms with Crippen LogP contribution in [0.2, 0.25) is 0 Å². The molecule has 0 atom stereocenters. The molecule has 2 N–H and O–H groups in total. The molecule has 1 aromatic carbocycles. The first-order valence-electron chi connectivity index (χ1n) is 8.50. The standard InChI is InChI=1S/C18H20N6OS/c19-6-13-26-16-5-2-1-4-15(16)22-17(25)14-23-9-11-24(12-10-23)18-20-7-3-8-21-18/h1-5,7-8H,9-14H2,(H,22,25)/p+1. The molecule has 0 radical (unpaired) electrons. The van der Waals surface area contributed by atoms with Crippen molar-refractivity contribution in [3.05, 3.63) is 42.7 Å². The van der Waals surface area contributed by atoms with Crippen LogP contribution in [-0.4, -0.2) is 54.4 Å². The van der Waals surface area contributed by atoms with Crippen LogP contribution < -0.4 is 15.1 Å². The van der Waals surface area contributed by atoms with Gasteiger partial charge in [0.1, 0.15) is 0 Å².